The van der Waals surface area contributed by atoms with Gasteiger partial charge in [-0.05, 0) is 29.9 Å². The monoisotopic (exact) mass is 310 g/mol. The van der Waals surface area contributed by atoms with E-state index in [1.165, 1.54) is 11.1 Å². The van der Waals surface area contributed by atoms with Gasteiger partial charge < -0.3 is 4.74 Å². The predicted octanol–water partition coefficient (Wildman–Crippen LogP) is 4.85. The van der Waals surface area contributed by atoms with Crippen LogP contribution in [-0.4, -0.2) is 12.7 Å². The third-order valence-electron chi connectivity index (χ3n) is 3.74. The third-order valence-corrected chi connectivity index (χ3v) is 5.01. The molecule has 1 heterocycles. The van der Waals surface area contributed by atoms with Crippen molar-refractivity contribution in [2.45, 2.75) is 50.5 Å². The lowest BCUT2D eigenvalue weighted by Gasteiger charge is -2.21. The van der Waals surface area contributed by atoms with E-state index in [4.69, 9.17) is 4.74 Å². The van der Waals surface area contributed by atoms with E-state index in [-0.39, 0.29) is 5.41 Å². The number of halogens is 1. The van der Waals surface area contributed by atoms with Crippen LogP contribution in [0.15, 0.2) is 24.3 Å². The first-order valence-corrected chi connectivity index (χ1v) is 7.65. The zero-order valence-electron chi connectivity index (χ0n) is 11.7. The average Bonchev–Trinajstić information content (AvgIpc) is 2.74. The maximum atomic E-state index is 5.66. The molecule has 0 radical (unpaired) electrons. The van der Waals surface area contributed by atoms with E-state index in [1.807, 2.05) is 0 Å². The molecule has 0 N–H and O–H groups in total. The lowest BCUT2D eigenvalue weighted by atomic mass is 9.86. The Morgan fingerprint density at radius 3 is 2.28 bits per heavy atom. The van der Waals surface area contributed by atoms with Crippen LogP contribution in [0.1, 0.15) is 50.1 Å². The van der Waals surface area contributed by atoms with Crippen molar-refractivity contribution in [3.8, 4) is 0 Å². The van der Waals surface area contributed by atoms with Crippen LogP contribution in [0.4, 0.5) is 0 Å². The predicted molar refractivity (Wildman–Crippen MR) is 80.3 cm³/mol. The standard InChI is InChI=1S/C16H23BrO/c1-11-9-13(10-18-11)15(17)12-5-7-14(8-6-12)16(2,3)4/h5-8,11,13,15H,9-10H2,1-4H3. The third kappa shape index (κ3) is 3.16. The van der Waals surface area contributed by atoms with Gasteiger partial charge in [-0.2, -0.15) is 0 Å². The summed E-state index contributed by atoms with van der Waals surface area (Å²) in [5, 5.41) is 0. The first-order chi connectivity index (χ1) is 8.38. The fraction of sp³-hybridized carbons (Fsp3) is 0.625. The molecule has 18 heavy (non-hydrogen) atoms. The fourth-order valence-electron chi connectivity index (χ4n) is 2.49. The molecule has 0 spiro atoms. The molecule has 1 aromatic rings. The molecule has 100 valence electrons. The Balaban J connectivity index is 2.10. The summed E-state index contributed by atoms with van der Waals surface area (Å²) in [7, 11) is 0. The second-order valence-corrected chi connectivity index (χ2v) is 7.40. The quantitative estimate of drug-likeness (QED) is 0.710. The molecule has 3 atom stereocenters. The maximum Gasteiger partial charge on any atom is 0.0551 e. The van der Waals surface area contributed by atoms with Gasteiger partial charge >= 0.3 is 0 Å². The van der Waals surface area contributed by atoms with Crippen LogP contribution in [0, 0.1) is 5.92 Å². The van der Waals surface area contributed by atoms with E-state index >= 15 is 0 Å². The molecule has 1 aliphatic rings. The number of benzene rings is 1. The van der Waals surface area contributed by atoms with Crippen molar-refractivity contribution in [2.24, 2.45) is 5.92 Å². The van der Waals surface area contributed by atoms with Crippen molar-refractivity contribution in [3.05, 3.63) is 35.4 Å². The largest absolute Gasteiger partial charge is 0.378 e. The van der Waals surface area contributed by atoms with Gasteiger partial charge in [-0.25, -0.2) is 0 Å². The molecule has 2 rings (SSSR count). The number of rotatable bonds is 2. The highest BCUT2D eigenvalue weighted by Gasteiger charge is 2.29. The summed E-state index contributed by atoms with van der Waals surface area (Å²) in [5.41, 5.74) is 2.98. The molecule has 0 aliphatic carbocycles. The van der Waals surface area contributed by atoms with Gasteiger partial charge in [-0.3, -0.25) is 0 Å². The molecule has 0 bridgehead atoms. The van der Waals surface area contributed by atoms with Crippen molar-refractivity contribution in [3.63, 3.8) is 0 Å². The summed E-state index contributed by atoms with van der Waals surface area (Å²) in [4.78, 5) is 0.413. The molecule has 0 amide bonds. The highest BCUT2D eigenvalue weighted by atomic mass is 79.9. The second kappa shape index (κ2) is 5.34. The minimum atomic E-state index is 0.228. The topological polar surface area (TPSA) is 9.23 Å². The molecule has 0 aromatic heterocycles. The lowest BCUT2D eigenvalue weighted by Crippen LogP contribution is -2.12. The fourth-order valence-corrected chi connectivity index (χ4v) is 3.17. The van der Waals surface area contributed by atoms with E-state index in [2.05, 4.69) is 67.9 Å². The Bertz CT molecular complexity index is 391. The Morgan fingerprint density at radius 2 is 1.83 bits per heavy atom. The Hall–Kier alpha value is -0.340. The van der Waals surface area contributed by atoms with E-state index in [0.29, 0.717) is 16.8 Å². The molecule has 2 heteroatoms. The molecule has 3 unspecified atom stereocenters. The molecular weight excluding hydrogens is 288 g/mol. The van der Waals surface area contributed by atoms with Crippen LogP contribution in [0.25, 0.3) is 0 Å². The van der Waals surface area contributed by atoms with E-state index < -0.39 is 0 Å². The Morgan fingerprint density at radius 1 is 1.22 bits per heavy atom. The van der Waals surface area contributed by atoms with Crippen molar-refractivity contribution in [1.82, 2.24) is 0 Å². The van der Waals surface area contributed by atoms with Gasteiger partial charge in [-0.1, -0.05) is 61.0 Å². The Kier molecular flexibility index (Phi) is 4.18. The maximum absolute atomic E-state index is 5.66. The number of hydrogen-bond acceptors (Lipinski definition) is 1. The van der Waals surface area contributed by atoms with Crippen molar-refractivity contribution in [1.29, 1.82) is 0 Å². The van der Waals surface area contributed by atoms with Crippen molar-refractivity contribution in [2.75, 3.05) is 6.61 Å². The molecule has 0 saturated carbocycles. The minimum Gasteiger partial charge on any atom is -0.378 e. The zero-order chi connectivity index (χ0) is 13.3. The second-order valence-electron chi connectivity index (χ2n) is 6.41. The summed E-state index contributed by atoms with van der Waals surface area (Å²) in [6, 6.07) is 9.01. The van der Waals surface area contributed by atoms with Crippen LogP contribution in [-0.2, 0) is 10.2 Å². The summed E-state index contributed by atoms with van der Waals surface area (Å²) in [6.07, 6.45) is 1.56. The molecule has 1 fully saturated rings. The SMILES string of the molecule is CC1CC(C(Br)c2ccc(C(C)(C)C)cc2)CO1. The number of alkyl halides is 1. The first kappa shape index (κ1) is 14.1. The summed E-state index contributed by atoms with van der Waals surface area (Å²) in [5.74, 6) is 0.598. The first-order valence-electron chi connectivity index (χ1n) is 6.74. The van der Waals surface area contributed by atoms with Gasteiger partial charge in [0.05, 0.1) is 12.7 Å². The number of hydrogen-bond donors (Lipinski definition) is 0. The lowest BCUT2D eigenvalue weighted by molar-refractivity contribution is 0.120. The molecule has 1 saturated heterocycles. The van der Waals surface area contributed by atoms with Gasteiger partial charge in [0, 0.05) is 10.7 Å². The molecule has 1 aromatic carbocycles. The highest BCUT2D eigenvalue weighted by molar-refractivity contribution is 9.09. The van der Waals surface area contributed by atoms with Crippen molar-refractivity contribution >= 4 is 15.9 Å². The molecular formula is C16H23BrO. The van der Waals surface area contributed by atoms with E-state index in [9.17, 15) is 0 Å². The average molecular weight is 311 g/mol. The van der Waals surface area contributed by atoms with Crippen molar-refractivity contribution < 1.29 is 4.74 Å². The van der Waals surface area contributed by atoms with E-state index in [0.717, 1.165) is 13.0 Å². The van der Waals surface area contributed by atoms with Crippen LogP contribution in [0.3, 0.4) is 0 Å². The molecule has 1 aliphatic heterocycles. The highest BCUT2D eigenvalue weighted by Crippen LogP contribution is 2.38. The molecule has 1 nitrogen and oxygen atoms in total. The summed E-state index contributed by atoms with van der Waals surface area (Å²) in [6.45, 7) is 9.78. The number of ether oxygens (including phenoxy) is 1. The van der Waals surface area contributed by atoms with Crippen LogP contribution in [0.2, 0.25) is 0 Å². The van der Waals surface area contributed by atoms with Gasteiger partial charge in [0.25, 0.3) is 0 Å². The normalized spacial score (nSPS) is 26.3. The van der Waals surface area contributed by atoms with Gasteiger partial charge in [0.1, 0.15) is 0 Å². The minimum absolute atomic E-state index is 0.228. The van der Waals surface area contributed by atoms with Gasteiger partial charge in [0.2, 0.25) is 0 Å². The summed E-state index contributed by atoms with van der Waals surface area (Å²) < 4.78 is 5.66. The van der Waals surface area contributed by atoms with Gasteiger partial charge in [-0.15, -0.1) is 0 Å². The van der Waals surface area contributed by atoms with Gasteiger partial charge in [0.15, 0.2) is 0 Å². The smallest absolute Gasteiger partial charge is 0.0551 e. The van der Waals surface area contributed by atoms with Crippen LogP contribution < -0.4 is 0 Å². The van der Waals surface area contributed by atoms with Crippen LogP contribution in [0.5, 0.6) is 0 Å². The Labute approximate surface area is 119 Å². The van der Waals surface area contributed by atoms with E-state index in [1.54, 1.807) is 0 Å². The van der Waals surface area contributed by atoms with Crippen LogP contribution >= 0.6 is 15.9 Å². The summed E-state index contributed by atoms with van der Waals surface area (Å²) >= 11 is 3.84. The zero-order valence-corrected chi connectivity index (χ0v) is 13.3.